The summed E-state index contributed by atoms with van der Waals surface area (Å²) >= 11 is 5.80. The quantitative estimate of drug-likeness (QED) is 0.599. The van der Waals surface area contributed by atoms with Crippen LogP contribution in [0.25, 0.3) is 0 Å². The first kappa shape index (κ1) is 12.5. The van der Waals surface area contributed by atoms with Crippen molar-refractivity contribution in [2.75, 3.05) is 7.11 Å². The number of ether oxygens (including phenoxy) is 2. The molecule has 16 heavy (non-hydrogen) atoms. The van der Waals surface area contributed by atoms with E-state index in [0.29, 0.717) is 17.6 Å². The molecule has 0 aliphatic carbocycles. The number of hydrogen-bond donors (Lipinski definition) is 0. The topological polar surface area (TPSA) is 52.6 Å². The Bertz CT molecular complexity index is 403. The highest BCUT2D eigenvalue weighted by molar-refractivity contribution is 6.33. The van der Waals surface area contributed by atoms with Crippen molar-refractivity contribution in [1.29, 1.82) is 0 Å². The molecule has 0 heterocycles. The van der Waals surface area contributed by atoms with E-state index in [1.54, 1.807) is 13.0 Å². The molecule has 1 atom stereocenters. The van der Waals surface area contributed by atoms with Crippen LogP contribution in [-0.2, 0) is 9.53 Å². The molecule has 0 aliphatic heterocycles. The summed E-state index contributed by atoms with van der Waals surface area (Å²) in [5, 5.41) is 0.282. The molecular formula is C11H11ClO4. The molecule has 0 aliphatic rings. The summed E-state index contributed by atoms with van der Waals surface area (Å²) in [6.45, 7) is 1.56. The Morgan fingerprint density at radius 2 is 2.19 bits per heavy atom. The number of benzene rings is 1. The third kappa shape index (κ3) is 2.97. The zero-order chi connectivity index (χ0) is 12.1. The number of carbonyl (C=O) groups excluding carboxylic acids is 2. The fourth-order valence-corrected chi connectivity index (χ4v) is 1.31. The number of methoxy groups -OCH3 is 1. The predicted molar refractivity (Wildman–Crippen MR) is 58.9 cm³/mol. The highest BCUT2D eigenvalue weighted by Gasteiger charge is 2.15. The van der Waals surface area contributed by atoms with Crippen LogP contribution in [0.5, 0.6) is 5.75 Å². The van der Waals surface area contributed by atoms with Crippen LogP contribution in [0.2, 0.25) is 5.02 Å². The van der Waals surface area contributed by atoms with Gasteiger partial charge in [0.1, 0.15) is 5.75 Å². The normalized spacial score (nSPS) is 11.7. The van der Waals surface area contributed by atoms with Crippen LogP contribution < -0.4 is 4.74 Å². The van der Waals surface area contributed by atoms with Crippen LogP contribution in [0.15, 0.2) is 18.2 Å². The van der Waals surface area contributed by atoms with Crippen LogP contribution in [0.4, 0.5) is 0 Å². The molecule has 0 amide bonds. The third-order valence-corrected chi connectivity index (χ3v) is 2.27. The summed E-state index contributed by atoms with van der Waals surface area (Å²) in [6, 6.07) is 4.56. The van der Waals surface area contributed by atoms with Crippen LogP contribution in [0.1, 0.15) is 17.3 Å². The summed E-state index contributed by atoms with van der Waals surface area (Å²) < 4.78 is 9.78. The minimum absolute atomic E-state index is 0.282. The Balaban J connectivity index is 2.79. The van der Waals surface area contributed by atoms with Gasteiger partial charge in [-0.25, -0.2) is 4.79 Å². The summed E-state index contributed by atoms with van der Waals surface area (Å²) in [5.41, 5.74) is 0.375. The van der Waals surface area contributed by atoms with Crippen molar-refractivity contribution in [2.24, 2.45) is 0 Å². The summed E-state index contributed by atoms with van der Waals surface area (Å²) in [7, 11) is 1.28. The third-order valence-electron chi connectivity index (χ3n) is 1.94. The summed E-state index contributed by atoms with van der Waals surface area (Å²) in [4.78, 5) is 21.6. The molecule has 86 valence electrons. The van der Waals surface area contributed by atoms with E-state index in [0.717, 1.165) is 0 Å². The van der Waals surface area contributed by atoms with Crippen molar-refractivity contribution in [1.82, 2.24) is 0 Å². The number of aldehydes is 1. The van der Waals surface area contributed by atoms with Gasteiger partial charge in [0, 0.05) is 5.56 Å². The van der Waals surface area contributed by atoms with Gasteiger partial charge in [-0.1, -0.05) is 11.6 Å². The van der Waals surface area contributed by atoms with Gasteiger partial charge in [-0.05, 0) is 25.1 Å². The average Bonchev–Trinajstić information content (AvgIpc) is 2.28. The van der Waals surface area contributed by atoms with E-state index in [1.165, 1.54) is 19.2 Å². The average molecular weight is 243 g/mol. The maximum absolute atomic E-state index is 11.1. The molecule has 1 aromatic rings. The van der Waals surface area contributed by atoms with E-state index in [1.807, 2.05) is 0 Å². The number of esters is 1. The second kappa shape index (κ2) is 5.51. The van der Waals surface area contributed by atoms with E-state index in [9.17, 15) is 9.59 Å². The van der Waals surface area contributed by atoms with Gasteiger partial charge < -0.3 is 9.47 Å². The van der Waals surface area contributed by atoms with Crippen molar-refractivity contribution in [3.63, 3.8) is 0 Å². The van der Waals surface area contributed by atoms with Crippen LogP contribution in [0, 0.1) is 0 Å². The lowest BCUT2D eigenvalue weighted by atomic mass is 10.2. The van der Waals surface area contributed by atoms with E-state index < -0.39 is 12.1 Å². The van der Waals surface area contributed by atoms with Gasteiger partial charge in [0.25, 0.3) is 0 Å². The fraction of sp³-hybridized carbons (Fsp3) is 0.273. The Labute approximate surface area is 98.1 Å². The minimum Gasteiger partial charge on any atom is -0.479 e. The van der Waals surface area contributed by atoms with Crippen molar-refractivity contribution in [3.8, 4) is 5.75 Å². The first-order valence-corrected chi connectivity index (χ1v) is 4.95. The second-order valence-electron chi connectivity index (χ2n) is 3.08. The maximum Gasteiger partial charge on any atom is 0.346 e. The lowest BCUT2D eigenvalue weighted by Crippen LogP contribution is -2.24. The van der Waals surface area contributed by atoms with Crippen LogP contribution in [0.3, 0.4) is 0 Å². The maximum atomic E-state index is 11.1. The molecule has 0 radical (unpaired) electrons. The van der Waals surface area contributed by atoms with Crippen LogP contribution in [-0.4, -0.2) is 25.5 Å². The Hall–Kier alpha value is -1.55. The molecule has 1 aromatic carbocycles. The lowest BCUT2D eigenvalue weighted by molar-refractivity contribution is -0.147. The molecule has 0 aromatic heterocycles. The predicted octanol–water partition coefficient (Wildman–Crippen LogP) is 2.09. The van der Waals surface area contributed by atoms with Crippen molar-refractivity contribution < 1.29 is 19.1 Å². The molecule has 0 N–H and O–H groups in total. The van der Waals surface area contributed by atoms with Crippen molar-refractivity contribution in [2.45, 2.75) is 13.0 Å². The Morgan fingerprint density at radius 1 is 1.50 bits per heavy atom. The van der Waals surface area contributed by atoms with Gasteiger partial charge >= 0.3 is 5.97 Å². The Morgan fingerprint density at radius 3 is 2.69 bits per heavy atom. The van der Waals surface area contributed by atoms with Gasteiger partial charge in [-0.3, -0.25) is 4.79 Å². The number of carbonyl (C=O) groups is 2. The fourth-order valence-electron chi connectivity index (χ4n) is 1.09. The number of rotatable bonds is 4. The second-order valence-corrected chi connectivity index (χ2v) is 3.49. The zero-order valence-electron chi connectivity index (χ0n) is 8.90. The van der Waals surface area contributed by atoms with Gasteiger partial charge in [-0.2, -0.15) is 0 Å². The SMILES string of the molecule is COC(=O)[C@@H](C)Oc1ccc(C=O)c(Cl)c1. The Kier molecular flexibility index (Phi) is 4.31. The van der Waals surface area contributed by atoms with Crippen LogP contribution >= 0.6 is 11.6 Å². The first-order valence-electron chi connectivity index (χ1n) is 4.57. The minimum atomic E-state index is -0.719. The monoisotopic (exact) mass is 242 g/mol. The molecular weight excluding hydrogens is 232 g/mol. The van der Waals surface area contributed by atoms with E-state index in [-0.39, 0.29) is 5.02 Å². The van der Waals surface area contributed by atoms with Crippen molar-refractivity contribution in [3.05, 3.63) is 28.8 Å². The van der Waals surface area contributed by atoms with E-state index in [2.05, 4.69) is 4.74 Å². The zero-order valence-corrected chi connectivity index (χ0v) is 9.65. The molecule has 0 bridgehead atoms. The molecule has 1 rings (SSSR count). The highest BCUT2D eigenvalue weighted by atomic mass is 35.5. The molecule has 0 saturated heterocycles. The van der Waals surface area contributed by atoms with Gasteiger partial charge in [0.15, 0.2) is 12.4 Å². The number of halogens is 1. The van der Waals surface area contributed by atoms with E-state index in [4.69, 9.17) is 16.3 Å². The molecule has 0 unspecified atom stereocenters. The molecule has 0 fully saturated rings. The first-order chi connectivity index (χ1) is 7.58. The smallest absolute Gasteiger partial charge is 0.346 e. The van der Waals surface area contributed by atoms with Gasteiger partial charge in [-0.15, -0.1) is 0 Å². The molecule has 0 spiro atoms. The lowest BCUT2D eigenvalue weighted by Gasteiger charge is -2.12. The van der Waals surface area contributed by atoms with Gasteiger partial charge in [0.2, 0.25) is 0 Å². The highest BCUT2D eigenvalue weighted by Crippen LogP contribution is 2.22. The molecule has 5 heteroatoms. The number of hydrogen-bond acceptors (Lipinski definition) is 4. The molecule has 0 saturated carbocycles. The largest absolute Gasteiger partial charge is 0.479 e. The van der Waals surface area contributed by atoms with E-state index >= 15 is 0 Å². The summed E-state index contributed by atoms with van der Waals surface area (Å²) in [6.07, 6.45) is -0.0706. The standard InChI is InChI=1S/C11H11ClO4/c1-7(11(14)15-2)16-9-4-3-8(6-13)10(12)5-9/h3-7H,1-2H3/t7-/m1/s1. The summed E-state index contributed by atoms with van der Waals surface area (Å²) in [5.74, 6) is -0.0657. The van der Waals surface area contributed by atoms with Gasteiger partial charge in [0.05, 0.1) is 12.1 Å². The molecule has 4 nitrogen and oxygen atoms in total. The van der Waals surface area contributed by atoms with Crippen molar-refractivity contribution >= 4 is 23.9 Å².